The first kappa shape index (κ1) is 42.2. The molecule has 4 nitrogen and oxygen atoms in total. The Bertz CT molecular complexity index is 4370. The van der Waals surface area contributed by atoms with Gasteiger partial charge in [-0.3, -0.25) is 0 Å². The van der Waals surface area contributed by atoms with Crippen LogP contribution in [0.1, 0.15) is 52.7 Å². The van der Waals surface area contributed by atoms with Crippen LogP contribution < -0.4 is 20.6 Å². The maximum Gasteiger partial charge on any atom is 0.333 e. The zero-order chi connectivity index (χ0) is 49.1. The van der Waals surface area contributed by atoms with Gasteiger partial charge in [0.25, 0.3) is 0 Å². The summed E-state index contributed by atoms with van der Waals surface area (Å²) >= 11 is 0. The fourth-order valence-corrected chi connectivity index (χ4v) is 12.5. The predicted octanol–water partition coefficient (Wildman–Crippen LogP) is 17.4. The molecule has 73 heavy (non-hydrogen) atoms. The fourth-order valence-electron chi connectivity index (χ4n) is 12.5. The Morgan fingerprint density at radius 1 is 0.411 bits per heavy atom. The van der Waals surface area contributed by atoms with Gasteiger partial charge in [0.15, 0.2) is 0 Å². The fraction of sp³-hybridized carbons (Fsp3) is 0.118. The third-order valence-electron chi connectivity index (χ3n) is 16.2. The molecule has 2 aliphatic heterocycles. The van der Waals surface area contributed by atoms with E-state index >= 15 is 0 Å². The molecule has 0 atom stereocenters. The van der Waals surface area contributed by atoms with Gasteiger partial charge in [0.1, 0.15) is 11.2 Å². The summed E-state index contributed by atoms with van der Waals surface area (Å²) in [5, 5.41) is 7.31. The van der Waals surface area contributed by atoms with Crippen LogP contribution in [0.5, 0.6) is 0 Å². The van der Waals surface area contributed by atoms with Gasteiger partial charge in [-0.15, -0.1) is 0 Å². The molecule has 15 rings (SSSR count). The second-order valence-electron chi connectivity index (χ2n) is 22.5. The largest absolute Gasteiger partial charge is 0.455 e. The van der Waals surface area contributed by atoms with Crippen LogP contribution in [0.3, 0.4) is 0 Å². The number of rotatable bonds is 4. The van der Waals surface area contributed by atoms with Crippen LogP contribution in [0.2, 0.25) is 0 Å². The first-order valence-electron chi connectivity index (χ1n) is 25.8. The highest BCUT2D eigenvalue weighted by atomic mass is 16.3. The Hall–Kier alpha value is -8.54. The molecule has 0 fully saturated rings. The van der Waals surface area contributed by atoms with Crippen molar-refractivity contribution in [3.63, 3.8) is 0 Å². The molecule has 0 bridgehead atoms. The van der Waals surface area contributed by atoms with E-state index in [1.165, 1.54) is 93.8 Å². The molecule has 0 unspecified atom stereocenters. The number of aromatic nitrogens is 1. The Balaban J connectivity index is 1.13. The lowest BCUT2D eigenvalue weighted by molar-refractivity contribution is 0.569. The van der Waals surface area contributed by atoms with Crippen molar-refractivity contribution in [2.75, 3.05) is 9.71 Å². The number of hydrogen-bond acceptors (Lipinski definition) is 3. The molecule has 0 radical (unpaired) electrons. The summed E-state index contributed by atoms with van der Waals surface area (Å²) in [6.07, 6.45) is 0. The van der Waals surface area contributed by atoms with Crippen LogP contribution in [-0.2, 0) is 10.8 Å². The zero-order valence-corrected chi connectivity index (χ0v) is 42.0. The average Bonchev–Trinajstić information content (AvgIpc) is 4.07. The first-order valence-corrected chi connectivity index (χ1v) is 25.8. The van der Waals surface area contributed by atoms with Crippen molar-refractivity contribution in [3.8, 4) is 33.4 Å². The lowest BCUT2D eigenvalue weighted by Crippen LogP contribution is -2.61. The molecule has 10 aromatic carbocycles. The van der Waals surface area contributed by atoms with Crippen LogP contribution in [-0.4, -0.2) is 11.2 Å². The minimum atomic E-state index is -0.245. The molecular weight excluding hydrogens is 886 g/mol. The average molecular weight is 938 g/mol. The van der Waals surface area contributed by atoms with Gasteiger partial charge >= 0.3 is 6.85 Å². The molecule has 3 aromatic heterocycles. The predicted molar refractivity (Wildman–Crippen MR) is 310 cm³/mol. The van der Waals surface area contributed by atoms with E-state index in [-0.39, 0.29) is 17.7 Å². The summed E-state index contributed by atoms with van der Waals surface area (Å²) in [4.78, 5) is 5.27. The molecule has 13 aromatic rings. The van der Waals surface area contributed by atoms with Gasteiger partial charge < -0.3 is 18.5 Å². The van der Waals surface area contributed by atoms with Gasteiger partial charge in [-0.25, -0.2) is 0 Å². The smallest absolute Gasteiger partial charge is 0.333 e. The van der Waals surface area contributed by atoms with Crippen molar-refractivity contribution in [2.45, 2.75) is 52.4 Å². The van der Waals surface area contributed by atoms with E-state index in [1.807, 2.05) is 0 Å². The van der Waals surface area contributed by atoms with Crippen molar-refractivity contribution in [1.29, 1.82) is 0 Å². The highest BCUT2D eigenvalue weighted by molar-refractivity contribution is 6.94. The van der Waals surface area contributed by atoms with Crippen LogP contribution in [0.4, 0.5) is 28.4 Å². The van der Waals surface area contributed by atoms with Gasteiger partial charge in [0, 0.05) is 71.9 Å². The molecule has 348 valence electrons. The number of furan rings is 1. The van der Waals surface area contributed by atoms with Gasteiger partial charge in [-0.2, -0.15) is 0 Å². The molecule has 0 saturated heterocycles. The van der Waals surface area contributed by atoms with Crippen molar-refractivity contribution in [2.24, 2.45) is 0 Å². The Kier molecular flexibility index (Phi) is 8.67. The van der Waals surface area contributed by atoms with Gasteiger partial charge in [-0.05, 0) is 122 Å². The van der Waals surface area contributed by atoms with E-state index in [1.54, 1.807) is 0 Å². The lowest BCUT2D eigenvalue weighted by Gasteiger charge is -2.46. The second kappa shape index (κ2) is 15.0. The molecular formula is C68H52BN3O. The lowest BCUT2D eigenvalue weighted by atomic mass is 9.43. The summed E-state index contributed by atoms with van der Waals surface area (Å²) in [7, 11) is 0. The van der Waals surface area contributed by atoms with E-state index in [4.69, 9.17) is 4.42 Å². The molecule has 0 N–H and O–H groups in total. The Morgan fingerprint density at radius 3 is 1.71 bits per heavy atom. The van der Waals surface area contributed by atoms with Gasteiger partial charge in [0.2, 0.25) is 0 Å². The number of fused-ring (bicyclic) bond motifs is 14. The minimum absolute atomic E-state index is 0.102. The summed E-state index contributed by atoms with van der Waals surface area (Å²) < 4.78 is 9.78. The molecule has 5 heterocycles. The third kappa shape index (κ3) is 6.09. The van der Waals surface area contributed by atoms with Gasteiger partial charge in [-0.1, -0.05) is 181 Å². The molecule has 2 aliphatic rings. The number of para-hydroxylation sites is 3. The minimum Gasteiger partial charge on any atom is -0.455 e. The second-order valence-corrected chi connectivity index (χ2v) is 22.5. The summed E-state index contributed by atoms with van der Waals surface area (Å²) in [6, 6.07) is 77.2. The van der Waals surface area contributed by atoms with Crippen LogP contribution in [0.15, 0.2) is 211 Å². The molecule has 0 aliphatic carbocycles. The topological polar surface area (TPSA) is 24.0 Å². The normalized spacial score (nSPS) is 13.5. The number of hydrogen-bond donors (Lipinski definition) is 0. The molecule has 5 heteroatoms. The van der Waals surface area contributed by atoms with Crippen molar-refractivity contribution >= 4 is 106 Å². The van der Waals surface area contributed by atoms with E-state index < -0.39 is 0 Å². The van der Waals surface area contributed by atoms with E-state index in [2.05, 4.69) is 262 Å². The van der Waals surface area contributed by atoms with Crippen molar-refractivity contribution in [3.05, 3.63) is 217 Å². The number of benzene rings is 10. The van der Waals surface area contributed by atoms with E-state index in [9.17, 15) is 0 Å². The van der Waals surface area contributed by atoms with Gasteiger partial charge in [0.05, 0.1) is 16.6 Å². The summed E-state index contributed by atoms with van der Waals surface area (Å²) in [6.45, 7) is 13.8. The summed E-state index contributed by atoms with van der Waals surface area (Å²) in [5.41, 5.74) is 23.2. The Labute approximate surface area is 425 Å². The van der Waals surface area contributed by atoms with Crippen molar-refractivity contribution in [1.82, 2.24) is 4.40 Å². The quantitative estimate of drug-likeness (QED) is 0.164. The van der Waals surface area contributed by atoms with Crippen LogP contribution in [0, 0.1) is 0 Å². The van der Waals surface area contributed by atoms with E-state index in [0.29, 0.717) is 0 Å². The first-order chi connectivity index (χ1) is 35.5. The number of nitrogens with zero attached hydrogens (tertiary/aromatic N) is 3. The molecule has 0 amide bonds. The highest BCUT2D eigenvalue weighted by Crippen LogP contribution is 2.53. The van der Waals surface area contributed by atoms with Crippen LogP contribution in [0.25, 0.3) is 93.4 Å². The monoisotopic (exact) mass is 937 g/mol. The zero-order valence-electron chi connectivity index (χ0n) is 42.0. The molecule has 0 spiro atoms. The Morgan fingerprint density at radius 2 is 1.00 bits per heavy atom. The standard InChI is InChI=1S/C68H52BN3O/c1-67(2,3)45-35-46(68(4,5)6)37-48(36-45)70-60-38-53-52-25-17-24-51-49-22-13-15-26-57(49)71(65(51)52)59(53)40-56(60)69-64-61(70)39-54-50-23-14-16-27-62(50)73-66(54)63(64)55-34-44(42-20-11-8-12-21-42)30-33-58(55)72(69)47-31-28-43(29-32-47)41-18-9-7-10-19-41/h7-40H,1-6H3. The van der Waals surface area contributed by atoms with E-state index in [0.717, 1.165) is 50.1 Å². The summed E-state index contributed by atoms with van der Waals surface area (Å²) in [5.74, 6) is 0. The SMILES string of the molecule is CC(C)(C)c1cc(N2c3cc4c5cccc6c7ccccc7n(c4cc3B3c4c2cc2c(oc7ccccc72)c4-c2cc(-c4ccccc4)ccc2N3c2ccc(-c3ccccc3)cc2)c65)cc(C(C)(C)C)c1. The molecule has 0 saturated carbocycles. The van der Waals surface area contributed by atoms with Crippen molar-refractivity contribution < 1.29 is 4.42 Å². The number of anilines is 5. The highest BCUT2D eigenvalue weighted by Gasteiger charge is 2.47. The maximum absolute atomic E-state index is 7.24. The maximum atomic E-state index is 7.24. The third-order valence-corrected chi connectivity index (χ3v) is 16.2. The van der Waals surface area contributed by atoms with Crippen LogP contribution >= 0.6 is 0 Å².